The SMILES string of the molecule is O=C(OC1COCCO1)C(F)(F)S(=O)(=O)O. The van der Waals surface area contributed by atoms with Gasteiger partial charge in [-0.1, -0.05) is 0 Å². The third-order valence-corrected chi connectivity index (χ3v) is 2.40. The van der Waals surface area contributed by atoms with Crippen molar-refractivity contribution in [2.45, 2.75) is 11.5 Å². The summed E-state index contributed by atoms with van der Waals surface area (Å²) < 4.78 is 67.2. The number of hydrogen-bond acceptors (Lipinski definition) is 6. The molecule has 1 aliphatic rings. The van der Waals surface area contributed by atoms with Gasteiger partial charge in [0, 0.05) is 0 Å². The van der Waals surface area contributed by atoms with E-state index < -0.39 is 27.6 Å². The lowest BCUT2D eigenvalue weighted by molar-refractivity contribution is -0.224. The van der Waals surface area contributed by atoms with Crippen LogP contribution >= 0.6 is 0 Å². The quantitative estimate of drug-likeness (QED) is 0.534. The standard InChI is InChI=1S/C6H8F2O7S/c7-6(8,16(10,11)12)5(9)15-4-3-13-1-2-14-4/h4H,1-3H2,(H,10,11,12). The fourth-order valence-electron chi connectivity index (χ4n) is 0.827. The Labute approximate surface area is 89.0 Å². The van der Waals surface area contributed by atoms with Crippen LogP contribution in [0.5, 0.6) is 0 Å². The molecule has 0 aliphatic carbocycles. The van der Waals surface area contributed by atoms with Crippen LogP contribution in [0.15, 0.2) is 0 Å². The van der Waals surface area contributed by atoms with Crippen molar-refractivity contribution in [3.63, 3.8) is 0 Å². The van der Waals surface area contributed by atoms with E-state index in [0.29, 0.717) is 0 Å². The van der Waals surface area contributed by atoms with E-state index in [1.165, 1.54) is 0 Å². The molecule has 16 heavy (non-hydrogen) atoms. The Kier molecular flexibility index (Phi) is 3.78. The highest BCUT2D eigenvalue weighted by molar-refractivity contribution is 7.87. The molecule has 1 fully saturated rings. The number of halogens is 2. The second-order valence-electron chi connectivity index (χ2n) is 2.77. The van der Waals surface area contributed by atoms with Crippen molar-refractivity contribution in [3.05, 3.63) is 0 Å². The third-order valence-electron chi connectivity index (χ3n) is 1.59. The van der Waals surface area contributed by atoms with Crippen molar-refractivity contribution in [3.8, 4) is 0 Å². The molecule has 0 amide bonds. The van der Waals surface area contributed by atoms with Crippen LogP contribution in [0.2, 0.25) is 0 Å². The highest BCUT2D eigenvalue weighted by Crippen LogP contribution is 2.23. The van der Waals surface area contributed by atoms with E-state index in [0.717, 1.165) is 0 Å². The van der Waals surface area contributed by atoms with Gasteiger partial charge in [0.15, 0.2) is 0 Å². The predicted octanol–water partition coefficient (Wildman–Crippen LogP) is -0.617. The minimum Gasteiger partial charge on any atom is -0.428 e. The maximum Gasteiger partial charge on any atom is 0.465 e. The molecule has 0 spiro atoms. The molecule has 1 N–H and O–H groups in total. The van der Waals surface area contributed by atoms with Gasteiger partial charge in [0.05, 0.1) is 13.2 Å². The molecule has 0 aromatic heterocycles. The van der Waals surface area contributed by atoms with Gasteiger partial charge in [-0.05, 0) is 0 Å². The maximum absolute atomic E-state index is 12.7. The fourth-order valence-corrected chi connectivity index (χ4v) is 1.09. The zero-order chi connectivity index (χ0) is 12.4. The van der Waals surface area contributed by atoms with Crippen LogP contribution in [-0.4, -0.2) is 50.3 Å². The minimum absolute atomic E-state index is 0.0232. The number of carbonyl (C=O) groups is 1. The molecule has 0 radical (unpaired) electrons. The highest BCUT2D eigenvalue weighted by atomic mass is 32.2. The van der Waals surface area contributed by atoms with Crippen LogP contribution in [0.3, 0.4) is 0 Å². The number of rotatable bonds is 3. The maximum atomic E-state index is 12.7. The van der Waals surface area contributed by atoms with Gasteiger partial charge in [-0.15, -0.1) is 0 Å². The van der Waals surface area contributed by atoms with E-state index in [2.05, 4.69) is 9.47 Å². The van der Waals surface area contributed by atoms with Gasteiger partial charge in [0.1, 0.15) is 6.61 Å². The molecule has 1 aliphatic heterocycles. The molecule has 1 rings (SSSR count). The van der Waals surface area contributed by atoms with Gasteiger partial charge in [0.2, 0.25) is 6.29 Å². The smallest absolute Gasteiger partial charge is 0.428 e. The Hall–Kier alpha value is -0.840. The first-order valence-electron chi connectivity index (χ1n) is 4.00. The summed E-state index contributed by atoms with van der Waals surface area (Å²) >= 11 is 0. The second-order valence-corrected chi connectivity index (χ2v) is 4.24. The monoisotopic (exact) mass is 262 g/mol. The average molecular weight is 262 g/mol. The minimum atomic E-state index is -5.86. The van der Waals surface area contributed by atoms with Crippen molar-refractivity contribution in [2.75, 3.05) is 19.8 Å². The summed E-state index contributed by atoms with van der Waals surface area (Å²) in [6.45, 7) is -0.0502. The molecule has 0 aromatic carbocycles. The van der Waals surface area contributed by atoms with E-state index in [9.17, 15) is 22.0 Å². The van der Waals surface area contributed by atoms with Gasteiger partial charge in [-0.3, -0.25) is 4.55 Å². The van der Waals surface area contributed by atoms with Crippen LogP contribution in [-0.2, 0) is 29.1 Å². The Morgan fingerprint density at radius 3 is 2.50 bits per heavy atom. The lowest BCUT2D eigenvalue weighted by atomic mass is 10.6. The summed E-state index contributed by atoms with van der Waals surface area (Å²) in [5, 5.41) is -5.02. The molecule has 0 aromatic rings. The Bertz CT molecular complexity index is 359. The highest BCUT2D eigenvalue weighted by Gasteiger charge is 2.55. The van der Waals surface area contributed by atoms with Crippen molar-refractivity contribution < 1.29 is 40.8 Å². The topological polar surface area (TPSA) is 99.1 Å². The van der Waals surface area contributed by atoms with E-state index in [-0.39, 0.29) is 19.8 Å². The summed E-state index contributed by atoms with van der Waals surface area (Å²) in [7, 11) is -5.86. The predicted molar refractivity (Wildman–Crippen MR) is 43.1 cm³/mol. The zero-order valence-electron chi connectivity index (χ0n) is 7.76. The largest absolute Gasteiger partial charge is 0.465 e. The number of esters is 1. The van der Waals surface area contributed by atoms with Crippen LogP contribution in [0, 0.1) is 0 Å². The molecule has 1 heterocycles. The second kappa shape index (κ2) is 4.57. The summed E-state index contributed by atoms with van der Waals surface area (Å²) in [4.78, 5) is 10.7. The summed E-state index contributed by atoms with van der Waals surface area (Å²) in [6.07, 6.45) is -1.41. The molecule has 0 saturated carbocycles. The van der Waals surface area contributed by atoms with Crippen molar-refractivity contribution in [2.24, 2.45) is 0 Å². The molecule has 1 atom stereocenters. The molecule has 1 unspecified atom stereocenters. The number of ether oxygens (including phenoxy) is 3. The average Bonchev–Trinajstić information content (AvgIpc) is 2.17. The molecule has 10 heteroatoms. The number of carbonyl (C=O) groups excluding carboxylic acids is 1. The molecular formula is C6H8F2O7S. The van der Waals surface area contributed by atoms with Crippen LogP contribution in [0.1, 0.15) is 0 Å². The fraction of sp³-hybridized carbons (Fsp3) is 0.833. The Morgan fingerprint density at radius 2 is 2.06 bits per heavy atom. The summed E-state index contributed by atoms with van der Waals surface area (Å²) in [6, 6.07) is 0. The van der Waals surface area contributed by atoms with E-state index in [1.807, 2.05) is 0 Å². The molecule has 94 valence electrons. The van der Waals surface area contributed by atoms with Crippen LogP contribution in [0.4, 0.5) is 8.78 Å². The van der Waals surface area contributed by atoms with Gasteiger partial charge < -0.3 is 14.2 Å². The lowest BCUT2D eigenvalue weighted by Gasteiger charge is -2.23. The van der Waals surface area contributed by atoms with E-state index in [4.69, 9.17) is 9.29 Å². The molecular weight excluding hydrogens is 254 g/mol. The van der Waals surface area contributed by atoms with Crippen molar-refractivity contribution in [1.82, 2.24) is 0 Å². The van der Waals surface area contributed by atoms with Crippen LogP contribution in [0.25, 0.3) is 0 Å². The molecule has 1 saturated heterocycles. The summed E-state index contributed by atoms with van der Waals surface area (Å²) in [5.74, 6) is -2.41. The number of hydrogen-bond donors (Lipinski definition) is 1. The van der Waals surface area contributed by atoms with Crippen molar-refractivity contribution in [1.29, 1.82) is 0 Å². The zero-order valence-corrected chi connectivity index (χ0v) is 8.58. The van der Waals surface area contributed by atoms with Gasteiger partial charge in [-0.2, -0.15) is 17.2 Å². The molecule has 0 bridgehead atoms. The summed E-state index contributed by atoms with van der Waals surface area (Å²) in [5.41, 5.74) is 0. The normalized spacial score (nSPS) is 22.8. The first kappa shape index (κ1) is 13.2. The van der Waals surface area contributed by atoms with Crippen molar-refractivity contribution >= 4 is 16.1 Å². The third kappa shape index (κ3) is 2.84. The Morgan fingerprint density at radius 1 is 1.44 bits per heavy atom. The number of alkyl halides is 2. The van der Waals surface area contributed by atoms with E-state index in [1.54, 1.807) is 0 Å². The van der Waals surface area contributed by atoms with Crippen LogP contribution < -0.4 is 0 Å². The molecule has 7 nitrogen and oxygen atoms in total. The van der Waals surface area contributed by atoms with Gasteiger partial charge in [-0.25, -0.2) is 4.79 Å². The Balaban J connectivity index is 2.64. The lowest BCUT2D eigenvalue weighted by Crippen LogP contribution is -2.43. The van der Waals surface area contributed by atoms with Gasteiger partial charge >= 0.3 is 21.3 Å². The van der Waals surface area contributed by atoms with Gasteiger partial charge in [0.25, 0.3) is 0 Å². The first-order chi connectivity index (χ1) is 7.25. The first-order valence-corrected chi connectivity index (χ1v) is 5.44. The van der Waals surface area contributed by atoms with E-state index >= 15 is 0 Å².